The third-order valence-corrected chi connectivity index (χ3v) is 2.95. The highest BCUT2D eigenvalue weighted by Gasteiger charge is 2.33. The third kappa shape index (κ3) is 2.16. The molecule has 0 aromatic carbocycles. The maximum atomic E-state index is 13.1. The number of nitrogens with zero attached hydrogens (tertiary/aromatic N) is 1. The van der Waals surface area contributed by atoms with Crippen LogP contribution in [0.1, 0.15) is 19.6 Å². The number of hydrogen-bond donors (Lipinski definition) is 2. The Morgan fingerprint density at radius 3 is 2.94 bits per heavy atom. The van der Waals surface area contributed by atoms with Gasteiger partial charge in [0.2, 0.25) is 5.82 Å². The summed E-state index contributed by atoms with van der Waals surface area (Å²) in [5.41, 5.74) is -1.76. The van der Waals surface area contributed by atoms with Crippen LogP contribution in [0.4, 0.5) is 4.39 Å². The van der Waals surface area contributed by atoms with Crippen LogP contribution in [-0.2, 0) is 4.74 Å². The minimum Gasteiger partial charge on any atom is -0.394 e. The van der Waals surface area contributed by atoms with E-state index in [0.29, 0.717) is 6.42 Å². The molecule has 2 N–H and O–H groups in total. The molecule has 0 amide bonds. The fraction of sp³-hybridized carbons (Fsp3) is 0.600. The van der Waals surface area contributed by atoms with Gasteiger partial charge in [0.15, 0.2) is 0 Å². The van der Waals surface area contributed by atoms with Crippen LogP contribution in [0.15, 0.2) is 15.8 Å². The van der Waals surface area contributed by atoms with Gasteiger partial charge in [0, 0.05) is 0 Å². The highest BCUT2D eigenvalue weighted by Crippen LogP contribution is 2.31. The zero-order valence-electron chi connectivity index (χ0n) is 9.22. The zero-order chi connectivity index (χ0) is 12.6. The fourth-order valence-corrected chi connectivity index (χ4v) is 1.94. The highest BCUT2D eigenvalue weighted by atomic mass is 19.1. The molecule has 17 heavy (non-hydrogen) atoms. The average Bonchev–Trinajstić information content (AvgIpc) is 2.65. The van der Waals surface area contributed by atoms with Gasteiger partial charge in [-0.05, 0) is 12.3 Å². The lowest BCUT2D eigenvalue weighted by molar-refractivity contribution is -0.0317. The van der Waals surface area contributed by atoms with Crippen molar-refractivity contribution < 1.29 is 14.2 Å². The molecule has 1 saturated heterocycles. The fourth-order valence-electron chi connectivity index (χ4n) is 1.94. The van der Waals surface area contributed by atoms with Crippen LogP contribution in [0.25, 0.3) is 0 Å². The molecule has 1 aromatic heterocycles. The Hall–Kier alpha value is -1.47. The van der Waals surface area contributed by atoms with E-state index in [-0.39, 0.29) is 18.6 Å². The first-order valence-corrected chi connectivity index (χ1v) is 5.30. The van der Waals surface area contributed by atoms with E-state index in [0.717, 1.165) is 10.8 Å². The molecule has 0 unspecified atom stereocenters. The summed E-state index contributed by atoms with van der Waals surface area (Å²) >= 11 is 0. The standard InChI is InChI=1S/C10H13FN2O4/c1-5-2-8(17-7(5)4-14)13-3-6(11)9(15)12-10(13)16/h3,5,7-8,14H,2,4H2,1H3,(H,12,15,16)/t5-,7+,8+/m0/s1. The van der Waals surface area contributed by atoms with E-state index in [4.69, 9.17) is 9.84 Å². The van der Waals surface area contributed by atoms with Gasteiger partial charge in [0.05, 0.1) is 18.9 Å². The molecule has 0 bridgehead atoms. The van der Waals surface area contributed by atoms with Crippen molar-refractivity contribution in [3.8, 4) is 0 Å². The molecule has 0 aliphatic carbocycles. The Morgan fingerprint density at radius 2 is 2.35 bits per heavy atom. The summed E-state index contributed by atoms with van der Waals surface area (Å²) < 4.78 is 19.5. The second-order valence-corrected chi connectivity index (χ2v) is 4.17. The Bertz CT molecular complexity index is 524. The molecule has 1 fully saturated rings. The van der Waals surface area contributed by atoms with E-state index in [1.165, 1.54) is 0 Å². The summed E-state index contributed by atoms with van der Waals surface area (Å²) in [7, 11) is 0. The molecule has 3 atom stereocenters. The van der Waals surface area contributed by atoms with E-state index in [9.17, 15) is 14.0 Å². The maximum Gasteiger partial charge on any atom is 0.330 e. The summed E-state index contributed by atoms with van der Waals surface area (Å²) in [4.78, 5) is 24.2. The largest absolute Gasteiger partial charge is 0.394 e. The van der Waals surface area contributed by atoms with Crippen molar-refractivity contribution in [2.45, 2.75) is 25.7 Å². The van der Waals surface area contributed by atoms with Crippen molar-refractivity contribution in [2.24, 2.45) is 5.92 Å². The van der Waals surface area contributed by atoms with Gasteiger partial charge in [0.25, 0.3) is 5.56 Å². The second kappa shape index (κ2) is 4.42. The summed E-state index contributed by atoms with van der Waals surface area (Å²) in [6.45, 7) is 1.71. The van der Waals surface area contributed by atoms with Crippen molar-refractivity contribution in [1.82, 2.24) is 9.55 Å². The topological polar surface area (TPSA) is 84.3 Å². The summed E-state index contributed by atoms with van der Waals surface area (Å²) in [6, 6.07) is 0. The lowest BCUT2D eigenvalue weighted by Crippen LogP contribution is -2.34. The number of H-pyrrole nitrogens is 1. The molecule has 1 aliphatic rings. The van der Waals surface area contributed by atoms with Crippen molar-refractivity contribution in [2.75, 3.05) is 6.61 Å². The Kier molecular flexibility index (Phi) is 3.12. The van der Waals surface area contributed by atoms with E-state index >= 15 is 0 Å². The Morgan fingerprint density at radius 1 is 1.65 bits per heavy atom. The first-order valence-electron chi connectivity index (χ1n) is 5.30. The number of nitrogens with one attached hydrogen (secondary N) is 1. The van der Waals surface area contributed by atoms with Gasteiger partial charge < -0.3 is 9.84 Å². The first kappa shape index (κ1) is 12.0. The number of aliphatic hydroxyl groups is 1. The smallest absolute Gasteiger partial charge is 0.330 e. The number of ether oxygens (including phenoxy) is 1. The van der Waals surface area contributed by atoms with Gasteiger partial charge in [0.1, 0.15) is 6.23 Å². The monoisotopic (exact) mass is 244 g/mol. The van der Waals surface area contributed by atoms with Crippen LogP contribution >= 0.6 is 0 Å². The van der Waals surface area contributed by atoms with Crippen LogP contribution in [0.5, 0.6) is 0 Å². The lowest BCUT2D eigenvalue weighted by atomic mass is 10.0. The molecule has 0 radical (unpaired) electrons. The molecule has 6 nitrogen and oxygen atoms in total. The minimum atomic E-state index is -1.05. The number of hydrogen-bond acceptors (Lipinski definition) is 4. The summed E-state index contributed by atoms with van der Waals surface area (Å²) in [6.07, 6.45) is 0.289. The molecule has 0 spiro atoms. The third-order valence-electron chi connectivity index (χ3n) is 2.95. The number of rotatable bonds is 2. The van der Waals surface area contributed by atoms with Crippen LogP contribution < -0.4 is 11.2 Å². The van der Waals surface area contributed by atoms with Crippen LogP contribution in [0.3, 0.4) is 0 Å². The van der Waals surface area contributed by atoms with Crippen LogP contribution in [-0.4, -0.2) is 27.4 Å². The molecular formula is C10H13FN2O4. The summed E-state index contributed by atoms with van der Waals surface area (Å²) in [5, 5.41) is 9.02. The molecule has 2 heterocycles. The molecule has 0 saturated carbocycles. The predicted molar refractivity (Wildman–Crippen MR) is 56.1 cm³/mol. The number of aromatic nitrogens is 2. The quantitative estimate of drug-likeness (QED) is 0.740. The predicted octanol–water partition coefficient (Wildman–Crippen LogP) is -0.408. The molecule has 2 rings (SSSR count). The zero-order valence-corrected chi connectivity index (χ0v) is 9.22. The van der Waals surface area contributed by atoms with E-state index in [1.54, 1.807) is 0 Å². The SMILES string of the molecule is C[C@H]1C[C@H](n2cc(F)c(=O)[nH]c2=O)O[C@@H]1CO. The van der Waals surface area contributed by atoms with Crippen molar-refractivity contribution in [1.29, 1.82) is 0 Å². The number of aliphatic hydroxyl groups excluding tert-OH is 1. The first-order chi connectivity index (χ1) is 8.02. The van der Waals surface area contributed by atoms with Crippen molar-refractivity contribution in [3.63, 3.8) is 0 Å². The molecule has 94 valence electrons. The molecular weight excluding hydrogens is 231 g/mol. The lowest BCUT2D eigenvalue weighted by Gasteiger charge is -2.14. The van der Waals surface area contributed by atoms with E-state index < -0.39 is 23.3 Å². The van der Waals surface area contributed by atoms with Crippen LogP contribution in [0, 0.1) is 11.7 Å². The van der Waals surface area contributed by atoms with Gasteiger partial charge in [-0.25, -0.2) is 4.79 Å². The Balaban J connectivity index is 2.34. The van der Waals surface area contributed by atoms with E-state index in [1.807, 2.05) is 11.9 Å². The second-order valence-electron chi connectivity index (χ2n) is 4.17. The average molecular weight is 244 g/mol. The van der Waals surface area contributed by atoms with Crippen LogP contribution in [0.2, 0.25) is 0 Å². The van der Waals surface area contributed by atoms with Gasteiger partial charge in [-0.1, -0.05) is 6.92 Å². The number of halogens is 1. The molecule has 7 heteroatoms. The van der Waals surface area contributed by atoms with Crippen molar-refractivity contribution in [3.05, 3.63) is 32.9 Å². The minimum absolute atomic E-state index is 0.0619. The van der Waals surface area contributed by atoms with Crippen molar-refractivity contribution >= 4 is 0 Å². The maximum absolute atomic E-state index is 13.1. The normalized spacial score (nSPS) is 28.5. The Labute approximate surface area is 95.7 Å². The number of aromatic amines is 1. The van der Waals surface area contributed by atoms with Gasteiger partial charge >= 0.3 is 5.69 Å². The summed E-state index contributed by atoms with van der Waals surface area (Å²) in [5.74, 6) is -0.972. The van der Waals surface area contributed by atoms with Gasteiger partial charge in [-0.3, -0.25) is 14.3 Å². The van der Waals surface area contributed by atoms with Gasteiger partial charge in [-0.2, -0.15) is 4.39 Å². The highest BCUT2D eigenvalue weighted by molar-refractivity contribution is 4.90. The molecule has 1 aliphatic heterocycles. The van der Waals surface area contributed by atoms with Gasteiger partial charge in [-0.15, -0.1) is 0 Å². The van der Waals surface area contributed by atoms with E-state index in [2.05, 4.69) is 0 Å². The molecule has 1 aromatic rings.